The zero-order chi connectivity index (χ0) is 16.7. The molecule has 0 heterocycles. The highest BCUT2D eigenvalue weighted by Crippen LogP contribution is 2.17. The third-order valence-electron chi connectivity index (χ3n) is 4.12. The van der Waals surface area contributed by atoms with Crippen molar-refractivity contribution >= 4 is 10.4 Å². The molecule has 0 spiro atoms. The van der Waals surface area contributed by atoms with E-state index in [0.29, 0.717) is 6.42 Å². The smallest absolute Gasteiger partial charge is 0.217 e. The van der Waals surface area contributed by atoms with Crippen molar-refractivity contribution in [3.05, 3.63) is 0 Å². The molecule has 4 nitrogen and oxygen atoms in total. The van der Waals surface area contributed by atoms with Crippen molar-refractivity contribution in [3.63, 3.8) is 0 Å². The highest BCUT2D eigenvalue weighted by molar-refractivity contribution is 7.80. The molecule has 5 heteroatoms. The van der Waals surface area contributed by atoms with E-state index in [0.717, 1.165) is 18.8 Å². The van der Waals surface area contributed by atoms with Gasteiger partial charge < -0.3 is 4.55 Å². The topological polar surface area (TPSA) is 66.4 Å². The molecule has 0 aromatic heterocycles. The Morgan fingerprint density at radius 2 is 1.27 bits per heavy atom. The number of rotatable bonds is 16. The van der Waals surface area contributed by atoms with Gasteiger partial charge >= 0.3 is 0 Å². The first-order valence-corrected chi connectivity index (χ1v) is 10.4. The number of hydrogen-bond acceptors (Lipinski definition) is 4. The van der Waals surface area contributed by atoms with Crippen LogP contribution < -0.4 is 0 Å². The van der Waals surface area contributed by atoms with Gasteiger partial charge in [0.2, 0.25) is 10.4 Å². The Bertz CT molecular complexity index is 328. The van der Waals surface area contributed by atoms with Crippen molar-refractivity contribution in [3.8, 4) is 0 Å². The molecule has 134 valence electrons. The summed E-state index contributed by atoms with van der Waals surface area (Å²) < 4.78 is 34.8. The highest BCUT2D eigenvalue weighted by Gasteiger charge is 2.01. The predicted octanol–water partition coefficient (Wildman–Crippen LogP) is 5.19. The van der Waals surface area contributed by atoms with Crippen molar-refractivity contribution < 1.29 is 17.2 Å². The van der Waals surface area contributed by atoms with Gasteiger partial charge in [-0.3, -0.25) is 4.18 Å². The maximum Gasteiger partial charge on any atom is 0.217 e. The van der Waals surface area contributed by atoms with Gasteiger partial charge in [-0.1, -0.05) is 90.9 Å². The SMILES string of the molecule is CCCCCC(C)CCCCCCCCCCOS(=O)(=O)[O-]. The molecule has 0 radical (unpaired) electrons. The highest BCUT2D eigenvalue weighted by atomic mass is 32.3. The fraction of sp³-hybridized carbons (Fsp3) is 1.00. The van der Waals surface area contributed by atoms with Crippen LogP contribution in [0.5, 0.6) is 0 Å². The third-order valence-corrected chi connectivity index (χ3v) is 4.57. The van der Waals surface area contributed by atoms with Crippen molar-refractivity contribution in [1.82, 2.24) is 0 Å². The number of unbranched alkanes of at least 4 members (excludes halogenated alkanes) is 9. The molecule has 0 fully saturated rings. The summed E-state index contributed by atoms with van der Waals surface area (Å²) in [5, 5.41) is 0. The molecule has 0 aromatic rings. The fourth-order valence-corrected chi connectivity index (χ4v) is 3.03. The van der Waals surface area contributed by atoms with Crippen LogP contribution in [-0.4, -0.2) is 19.6 Å². The average molecular weight is 336 g/mol. The Morgan fingerprint density at radius 3 is 1.77 bits per heavy atom. The maximum atomic E-state index is 10.2. The minimum atomic E-state index is -4.50. The second-order valence-corrected chi connectivity index (χ2v) is 7.50. The minimum absolute atomic E-state index is 0.0295. The maximum absolute atomic E-state index is 10.2. The summed E-state index contributed by atoms with van der Waals surface area (Å²) >= 11 is 0. The van der Waals surface area contributed by atoms with Gasteiger partial charge in [0.05, 0.1) is 6.61 Å². The summed E-state index contributed by atoms with van der Waals surface area (Å²) in [6, 6.07) is 0. The van der Waals surface area contributed by atoms with Crippen molar-refractivity contribution in [2.75, 3.05) is 6.61 Å². The predicted molar refractivity (Wildman–Crippen MR) is 90.5 cm³/mol. The van der Waals surface area contributed by atoms with Gasteiger partial charge in [-0.25, -0.2) is 8.42 Å². The Hall–Kier alpha value is -0.130. The quantitative estimate of drug-likeness (QED) is 0.221. The summed E-state index contributed by atoms with van der Waals surface area (Å²) in [6.45, 7) is 4.66. The Balaban J connectivity index is 3.17. The first kappa shape index (κ1) is 21.9. The van der Waals surface area contributed by atoms with Crippen LogP contribution in [0.25, 0.3) is 0 Å². The molecular weight excluding hydrogens is 300 g/mol. The Kier molecular flexibility index (Phi) is 14.4. The van der Waals surface area contributed by atoms with Crippen LogP contribution in [0.2, 0.25) is 0 Å². The van der Waals surface area contributed by atoms with Gasteiger partial charge in [0.15, 0.2) is 0 Å². The normalized spacial score (nSPS) is 13.4. The van der Waals surface area contributed by atoms with E-state index in [1.54, 1.807) is 0 Å². The molecule has 22 heavy (non-hydrogen) atoms. The van der Waals surface area contributed by atoms with E-state index >= 15 is 0 Å². The summed E-state index contributed by atoms with van der Waals surface area (Å²) in [5.74, 6) is 0.879. The summed E-state index contributed by atoms with van der Waals surface area (Å²) in [7, 11) is -4.50. The van der Waals surface area contributed by atoms with Crippen LogP contribution in [0.4, 0.5) is 0 Å². The first-order chi connectivity index (χ1) is 10.5. The molecule has 0 rings (SSSR count). The van der Waals surface area contributed by atoms with Gasteiger partial charge in [-0.2, -0.15) is 0 Å². The summed E-state index contributed by atoms with van der Waals surface area (Å²) in [5.41, 5.74) is 0. The summed E-state index contributed by atoms with van der Waals surface area (Å²) in [6.07, 6.45) is 15.9. The standard InChI is InChI=1S/C17H36O4S/c1-3-4-11-14-17(2)15-12-9-7-5-6-8-10-13-16-21-22(18,19)20/h17H,3-16H2,1-2H3,(H,18,19,20)/p-1. The van der Waals surface area contributed by atoms with Crippen molar-refractivity contribution in [2.24, 2.45) is 5.92 Å². The minimum Gasteiger partial charge on any atom is -0.726 e. The average Bonchev–Trinajstić information content (AvgIpc) is 2.44. The van der Waals surface area contributed by atoms with Crippen LogP contribution in [0, 0.1) is 5.92 Å². The third kappa shape index (κ3) is 17.9. The lowest BCUT2D eigenvalue weighted by Gasteiger charge is -2.10. The van der Waals surface area contributed by atoms with Crippen LogP contribution in [-0.2, 0) is 14.6 Å². The van der Waals surface area contributed by atoms with Crippen LogP contribution in [0.1, 0.15) is 97.3 Å². The lowest BCUT2D eigenvalue weighted by atomic mass is 9.96. The van der Waals surface area contributed by atoms with Gasteiger partial charge in [-0.15, -0.1) is 0 Å². The zero-order valence-corrected chi connectivity index (χ0v) is 15.3. The molecule has 0 saturated carbocycles. The molecular formula is C17H35O4S-. The van der Waals surface area contributed by atoms with Crippen molar-refractivity contribution in [1.29, 1.82) is 0 Å². The largest absolute Gasteiger partial charge is 0.726 e. The molecule has 0 N–H and O–H groups in total. The Morgan fingerprint density at radius 1 is 0.818 bits per heavy atom. The first-order valence-electron chi connectivity index (χ1n) is 9.06. The molecule has 0 bridgehead atoms. The fourth-order valence-electron chi connectivity index (χ4n) is 2.70. The molecule has 0 aromatic carbocycles. The van der Waals surface area contributed by atoms with Crippen LogP contribution in [0.3, 0.4) is 0 Å². The van der Waals surface area contributed by atoms with Gasteiger partial charge in [0, 0.05) is 0 Å². The van der Waals surface area contributed by atoms with E-state index in [1.165, 1.54) is 64.2 Å². The monoisotopic (exact) mass is 335 g/mol. The van der Waals surface area contributed by atoms with E-state index < -0.39 is 10.4 Å². The van der Waals surface area contributed by atoms with E-state index in [-0.39, 0.29) is 6.61 Å². The van der Waals surface area contributed by atoms with Crippen LogP contribution in [0.15, 0.2) is 0 Å². The van der Waals surface area contributed by atoms with E-state index in [1.807, 2.05) is 0 Å². The van der Waals surface area contributed by atoms with Crippen molar-refractivity contribution in [2.45, 2.75) is 97.3 Å². The zero-order valence-electron chi connectivity index (χ0n) is 14.5. The molecule has 1 unspecified atom stereocenters. The second-order valence-electron chi connectivity index (χ2n) is 6.45. The molecule has 1 atom stereocenters. The Labute approximate surface area is 138 Å². The molecule has 0 saturated heterocycles. The second kappa shape index (κ2) is 14.5. The van der Waals surface area contributed by atoms with Gasteiger partial charge in [0.25, 0.3) is 0 Å². The van der Waals surface area contributed by atoms with Gasteiger partial charge in [-0.05, 0) is 12.3 Å². The van der Waals surface area contributed by atoms with Gasteiger partial charge in [0.1, 0.15) is 0 Å². The summed E-state index contributed by atoms with van der Waals surface area (Å²) in [4.78, 5) is 0. The molecule has 0 aliphatic rings. The van der Waals surface area contributed by atoms with Crippen LogP contribution >= 0.6 is 0 Å². The lowest BCUT2D eigenvalue weighted by molar-refractivity contribution is 0.255. The molecule has 0 amide bonds. The van der Waals surface area contributed by atoms with E-state index in [9.17, 15) is 13.0 Å². The number of hydrogen-bond donors (Lipinski definition) is 0. The van der Waals surface area contributed by atoms with E-state index in [2.05, 4.69) is 18.0 Å². The molecule has 0 aliphatic heterocycles. The lowest BCUT2D eigenvalue weighted by Crippen LogP contribution is -2.05. The molecule has 0 aliphatic carbocycles. The van der Waals surface area contributed by atoms with E-state index in [4.69, 9.17) is 0 Å².